The van der Waals surface area contributed by atoms with E-state index in [2.05, 4.69) is 5.32 Å². The molecule has 13 heavy (non-hydrogen) atoms. The molecule has 0 bridgehead atoms. The fourth-order valence-electron chi connectivity index (χ4n) is 0.902. The molecule has 0 aromatic heterocycles. The smallest absolute Gasteiger partial charge is 0.222 e. The summed E-state index contributed by atoms with van der Waals surface area (Å²) < 4.78 is 0. The molecule has 1 amide bonds. The van der Waals surface area contributed by atoms with E-state index in [1.54, 1.807) is 6.07 Å². The lowest BCUT2D eigenvalue weighted by atomic mass is 10.1. The van der Waals surface area contributed by atoms with Gasteiger partial charge in [0.1, 0.15) is 0 Å². The first-order valence-electron chi connectivity index (χ1n) is 4.03. The molecule has 2 atom stereocenters. The summed E-state index contributed by atoms with van der Waals surface area (Å²) in [5.74, 6) is -0.281. The lowest BCUT2D eigenvalue weighted by molar-refractivity contribution is -0.122. The molecule has 0 saturated heterocycles. The van der Waals surface area contributed by atoms with Crippen molar-refractivity contribution in [3.63, 3.8) is 0 Å². The van der Waals surface area contributed by atoms with Crippen molar-refractivity contribution < 1.29 is 15.0 Å². The van der Waals surface area contributed by atoms with Gasteiger partial charge >= 0.3 is 0 Å². The van der Waals surface area contributed by atoms with Gasteiger partial charge in [0, 0.05) is 13.5 Å². The van der Waals surface area contributed by atoms with E-state index in [1.165, 1.54) is 7.05 Å². The molecule has 0 aliphatic rings. The number of carbonyl (C=O) groups excluding carboxylic acids is 1. The van der Waals surface area contributed by atoms with Crippen molar-refractivity contribution in [3.8, 4) is 6.07 Å². The topological polar surface area (TPSA) is 93.3 Å². The Balaban J connectivity index is 3.68. The molecule has 0 heterocycles. The Kier molecular flexibility index (Phi) is 5.85. The van der Waals surface area contributed by atoms with Crippen LogP contribution in [0.1, 0.15) is 19.3 Å². The molecule has 0 fully saturated rings. The van der Waals surface area contributed by atoms with Crippen LogP contribution >= 0.6 is 0 Å². The molecule has 2 unspecified atom stereocenters. The van der Waals surface area contributed by atoms with Gasteiger partial charge in [-0.25, -0.2) is 0 Å². The number of nitriles is 1. The van der Waals surface area contributed by atoms with Gasteiger partial charge in [0.15, 0.2) is 0 Å². The maximum absolute atomic E-state index is 10.7. The van der Waals surface area contributed by atoms with E-state index in [0.717, 1.165) is 0 Å². The highest BCUT2D eigenvalue weighted by Crippen LogP contribution is 2.04. The SMILES string of the molecule is CNC(=O)CC(O)CC(O)CC#N. The van der Waals surface area contributed by atoms with Crippen molar-refractivity contribution in [2.75, 3.05) is 7.05 Å². The zero-order chi connectivity index (χ0) is 10.3. The van der Waals surface area contributed by atoms with Crippen molar-refractivity contribution in [2.45, 2.75) is 31.5 Å². The predicted molar refractivity (Wildman–Crippen MR) is 45.5 cm³/mol. The zero-order valence-corrected chi connectivity index (χ0v) is 7.53. The molecule has 74 valence electrons. The second-order valence-electron chi connectivity index (χ2n) is 2.78. The average Bonchev–Trinajstić information content (AvgIpc) is 2.04. The Morgan fingerprint density at radius 1 is 1.54 bits per heavy atom. The quantitative estimate of drug-likeness (QED) is 0.521. The standard InChI is InChI=1S/C8H14N2O3/c1-10-8(13)5-7(12)4-6(11)2-3-9/h6-7,11-12H,2,4-5H2,1H3,(H,10,13). The molecule has 0 radical (unpaired) electrons. The number of rotatable bonds is 5. The van der Waals surface area contributed by atoms with E-state index >= 15 is 0 Å². The van der Waals surface area contributed by atoms with E-state index in [0.29, 0.717) is 0 Å². The maximum Gasteiger partial charge on any atom is 0.222 e. The molecule has 0 aromatic carbocycles. The largest absolute Gasteiger partial charge is 0.392 e. The molecule has 3 N–H and O–H groups in total. The van der Waals surface area contributed by atoms with Crippen molar-refractivity contribution in [1.29, 1.82) is 5.26 Å². The van der Waals surface area contributed by atoms with E-state index in [1.807, 2.05) is 0 Å². The molecule has 5 nitrogen and oxygen atoms in total. The second kappa shape index (κ2) is 6.40. The second-order valence-corrected chi connectivity index (χ2v) is 2.78. The van der Waals surface area contributed by atoms with Gasteiger partial charge in [0.2, 0.25) is 5.91 Å². The van der Waals surface area contributed by atoms with Crippen LogP contribution in [0.3, 0.4) is 0 Å². The third kappa shape index (κ3) is 6.08. The van der Waals surface area contributed by atoms with Crippen molar-refractivity contribution in [2.24, 2.45) is 0 Å². The maximum atomic E-state index is 10.7. The summed E-state index contributed by atoms with van der Waals surface area (Å²) in [6.07, 6.45) is -1.75. The Morgan fingerprint density at radius 2 is 2.15 bits per heavy atom. The third-order valence-electron chi connectivity index (χ3n) is 1.57. The molecule has 0 spiro atoms. The Morgan fingerprint density at radius 3 is 2.62 bits per heavy atom. The van der Waals surface area contributed by atoms with Crippen LogP contribution in [0.5, 0.6) is 0 Å². The minimum Gasteiger partial charge on any atom is -0.392 e. The van der Waals surface area contributed by atoms with Crippen LogP contribution in [-0.4, -0.2) is 35.4 Å². The van der Waals surface area contributed by atoms with E-state index in [9.17, 15) is 9.90 Å². The number of aliphatic hydroxyl groups is 2. The number of hydrogen-bond acceptors (Lipinski definition) is 4. The molecule has 0 rings (SSSR count). The summed E-state index contributed by atoms with van der Waals surface area (Å²) in [5.41, 5.74) is 0. The normalized spacial score (nSPS) is 14.3. The summed E-state index contributed by atoms with van der Waals surface area (Å²) in [4.78, 5) is 10.7. The fraction of sp³-hybridized carbons (Fsp3) is 0.750. The Labute approximate surface area is 77.0 Å². The number of amides is 1. The summed E-state index contributed by atoms with van der Waals surface area (Å²) in [6.45, 7) is 0. The van der Waals surface area contributed by atoms with Gasteiger partial charge in [-0.2, -0.15) is 5.26 Å². The average molecular weight is 186 g/mol. The fourth-order valence-corrected chi connectivity index (χ4v) is 0.902. The summed E-state index contributed by atoms with van der Waals surface area (Å²) in [7, 11) is 1.47. The first-order valence-corrected chi connectivity index (χ1v) is 4.03. The number of nitrogens with one attached hydrogen (secondary N) is 1. The summed E-state index contributed by atoms with van der Waals surface area (Å²) in [5, 5.41) is 28.9. The minimum atomic E-state index is -0.886. The van der Waals surface area contributed by atoms with E-state index < -0.39 is 12.2 Å². The van der Waals surface area contributed by atoms with Gasteiger partial charge < -0.3 is 15.5 Å². The number of hydrogen-bond donors (Lipinski definition) is 3. The highest BCUT2D eigenvalue weighted by molar-refractivity contribution is 5.75. The van der Waals surface area contributed by atoms with Gasteiger partial charge in [0.25, 0.3) is 0 Å². The monoisotopic (exact) mass is 186 g/mol. The number of carbonyl (C=O) groups is 1. The third-order valence-corrected chi connectivity index (χ3v) is 1.57. The molecule has 5 heteroatoms. The van der Waals surface area contributed by atoms with Crippen LogP contribution in [0.2, 0.25) is 0 Å². The van der Waals surface area contributed by atoms with Gasteiger partial charge in [-0.05, 0) is 0 Å². The van der Waals surface area contributed by atoms with E-state index in [4.69, 9.17) is 10.4 Å². The molecular weight excluding hydrogens is 172 g/mol. The predicted octanol–water partition coefficient (Wildman–Crippen LogP) is -0.852. The summed E-state index contributed by atoms with van der Waals surface area (Å²) in [6, 6.07) is 1.78. The first-order chi connectivity index (χ1) is 6.10. The van der Waals surface area contributed by atoms with Gasteiger partial charge in [-0.15, -0.1) is 0 Å². The highest BCUT2D eigenvalue weighted by atomic mass is 16.3. The van der Waals surface area contributed by atoms with E-state index in [-0.39, 0.29) is 25.2 Å². The zero-order valence-electron chi connectivity index (χ0n) is 7.53. The van der Waals surface area contributed by atoms with Gasteiger partial charge in [-0.1, -0.05) is 0 Å². The Bertz CT molecular complexity index is 200. The molecule has 0 saturated carbocycles. The van der Waals surface area contributed by atoms with Crippen LogP contribution < -0.4 is 5.32 Å². The van der Waals surface area contributed by atoms with Crippen molar-refractivity contribution in [1.82, 2.24) is 5.32 Å². The number of aliphatic hydroxyl groups excluding tert-OH is 2. The first kappa shape index (κ1) is 11.9. The summed E-state index contributed by atoms with van der Waals surface area (Å²) >= 11 is 0. The molecular formula is C8H14N2O3. The van der Waals surface area contributed by atoms with Gasteiger partial charge in [0.05, 0.1) is 31.1 Å². The Hall–Kier alpha value is -1.12. The lowest BCUT2D eigenvalue weighted by Gasteiger charge is -2.12. The molecule has 0 aliphatic carbocycles. The van der Waals surface area contributed by atoms with Crippen molar-refractivity contribution in [3.05, 3.63) is 0 Å². The lowest BCUT2D eigenvalue weighted by Crippen LogP contribution is -2.26. The van der Waals surface area contributed by atoms with Crippen LogP contribution in [0.4, 0.5) is 0 Å². The van der Waals surface area contributed by atoms with Crippen LogP contribution in [-0.2, 0) is 4.79 Å². The molecule has 0 aliphatic heterocycles. The number of nitrogens with zero attached hydrogens (tertiary/aromatic N) is 1. The van der Waals surface area contributed by atoms with Crippen LogP contribution in [0.25, 0.3) is 0 Å². The highest BCUT2D eigenvalue weighted by Gasteiger charge is 2.14. The van der Waals surface area contributed by atoms with Crippen LogP contribution in [0, 0.1) is 11.3 Å². The minimum absolute atomic E-state index is 0.0230. The van der Waals surface area contributed by atoms with Crippen LogP contribution in [0.15, 0.2) is 0 Å². The molecule has 0 aromatic rings. The van der Waals surface area contributed by atoms with Crippen molar-refractivity contribution >= 4 is 5.91 Å². The van der Waals surface area contributed by atoms with Gasteiger partial charge in [-0.3, -0.25) is 4.79 Å².